The Balaban J connectivity index is 1.15. The van der Waals surface area contributed by atoms with Gasteiger partial charge in [0, 0.05) is 6.04 Å². The molecule has 3 N–H and O–H groups in total. The number of aromatic nitrogens is 3. The number of nitrogens with one attached hydrogen (secondary N) is 1. The lowest BCUT2D eigenvalue weighted by Gasteiger charge is -2.59. The van der Waals surface area contributed by atoms with Crippen LogP contribution in [0, 0.1) is 30.1 Å². The van der Waals surface area contributed by atoms with Crippen molar-refractivity contribution >= 4 is 17.7 Å². The molecule has 1 aromatic carbocycles. The summed E-state index contributed by atoms with van der Waals surface area (Å²) in [4.78, 5) is 12.8. The molecule has 8 heteroatoms. The van der Waals surface area contributed by atoms with E-state index in [-0.39, 0.29) is 24.3 Å². The first-order valence-electron chi connectivity index (χ1n) is 13.1. The van der Waals surface area contributed by atoms with Gasteiger partial charge in [-0.15, -0.1) is 10.2 Å². The molecule has 1 aromatic heterocycles. The van der Waals surface area contributed by atoms with E-state index in [0.717, 1.165) is 34.6 Å². The Morgan fingerprint density at radius 1 is 1.17 bits per heavy atom. The molecular weight excluding hydrogens is 458 g/mol. The lowest BCUT2D eigenvalue weighted by molar-refractivity contribution is -0.123. The number of hydrogen-bond donors (Lipinski definition) is 2. The number of hydrogen-bond acceptors (Lipinski definition) is 6. The molecule has 0 saturated heterocycles. The van der Waals surface area contributed by atoms with Crippen LogP contribution < -0.4 is 15.9 Å². The lowest BCUT2D eigenvalue weighted by atomic mass is 9.48. The van der Waals surface area contributed by atoms with Crippen molar-refractivity contribution in [3.05, 3.63) is 35.2 Å². The van der Waals surface area contributed by atoms with E-state index in [1.165, 1.54) is 55.0 Å². The molecule has 4 bridgehead atoms. The van der Waals surface area contributed by atoms with Gasteiger partial charge in [-0.25, -0.2) is 4.68 Å². The predicted molar refractivity (Wildman–Crippen MR) is 139 cm³/mol. The SMILES string of the molecule is Cc1ccc(C(C)C)c(OCc2nnc(SCC(=O)N[C@@H](C)C34CC5CC(CC(C5)C3)C4)n2N)c1. The number of amides is 1. The highest BCUT2D eigenvalue weighted by Crippen LogP contribution is 2.61. The van der Waals surface area contributed by atoms with Crippen LogP contribution in [0.25, 0.3) is 0 Å². The zero-order valence-electron chi connectivity index (χ0n) is 21.4. The van der Waals surface area contributed by atoms with Crippen molar-refractivity contribution in [2.24, 2.45) is 23.2 Å². The molecule has 1 heterocycles. The third-order valence-electron chi connectivity index (χ3n) is 8.60. The summed E-state index contributed by atoms with van der Waals surface area (Å²) in [5.41, 5.74) is 2.60. The number of aryl methyl sites for hydroxylation is 1. The molecule has 1 amide bonds. The smallest absolute Gasteiger partial charge is 0.230 e. The summed E-state index contributed by atoms with van der Waals surface area (Å²) in [6.45, 7) is 8.78. The first kappa shape index (κ1) is 24.5. The maximum Gasteiger partial charge on any atom is 0.230 e. The Morgan fingerprint density at radius 2 is 1.83 bits per heavy atom. The van der Waals surface area contributed by atoms with E-state index in [4.69, 9.17) is 10.6 Å². The van der Waals surface area contributed by atoms with Crippen LogP contribution in [0.15, 0.2) is 23.4 Å². The molecule has 35 heavy (non-hydrogen) atoms. The van der Waals surface area contributed by atoms with Gasteiger partial charge in [-0.05, 0) is 98.7 Å². The largest absolute Gasteiger partial charge is 0.485 e. The minimum Gasteiger partial charge on any atom is -0.485 e. The van der Waals surface area contributed by atoms with Gasteiger partial charge in [0.2, 0.25) is 11.1 Å². The molecule has 0 radical (unpaired) electrons. The number of carbonyl (C=O) groups excluding carboxylic acids is 1. The summed E-state index contributed by atoms with van der Waals surface area (Å²) in [5.74, 6) is 10.9. The second kappa shape index (κ2) is 9.68. The van der Waals surface area contributed by atoms with Crippen LogP contribution in [0.4, 0.5) is 0 Å². The third kappa shape index (κ3) is 5.04. The first-order valence-corrected chi connectivity index (χ1v) is 14.1. The van der Waals surface area contributed by atoms with Crippen LogP contribution in [0.2, 0.25) is 0 Å². The van der Waals surface area contributed by atoms with Crippen LogP contribution in [-0.4, -0.2) is 32.6 Å². The van der Waals surface area contributed by atoms with Gasteiger partial charge in [0.05, 0.1) is 5.75 Å². The predicted octanol–water partition coefficient (Wildman–Crippen LogP) is 4.82. The fourth-order valence-electron chi connectivity index (χ4n) is 7.16. The summed E-state index contributed by atoms with van der Waals surface area (Å²) in [6, 6.07) is 6.45. The monoisotopic (exact) mass is 497 g/mol. The Kier molecular flexibility index (Phi) is 6.77. The lowest BCUT2D eigenvalue weighted by Crippen LogP contribution is -2.56. The summed E-state index contributed by atoms with van der Waals surface area (Å²) < 4.78 is 7.50. The number of thioether (sulfide) groups is 1. The number of rotatable bonds is 9. The van der Waals surface area contributed by atoms with Gasteiger partial charge in [0.25, 0.3) is 0 Å². The highest BCUT2D eigenvalue weighted by atomic mass is 32.2. The number of nitrogens with zero attached hydrogens (tertiary/aromatic N) is 3. The molecule has 4 aliphatic carbocycles. The molecular formula is C27H39N5O2S. The number of ether oxygens (including phenoxy) is 1. The molecule has 6 rings (SSSR count). The fraction of sp³-hybridized carbons (Fsp3) is 0.667. The van der Waals surface area contributed by atoms with Gasteiger partial charge in [-0.2, -0.15) is 0 Å². The quantitative estimate of drug-likeness (QED) is 0.381. The maximum atomic E-state index is 12.8. The molecule has 0 spiro atoms. The van der Waals surface area contributed by atoms with E-state index in [9.17, 15) is 4.79 Å². The average Bonchev–Trinajstić information content (AvgIpc) is 3.14. The molecule has 7 nitrogen and oxygen atoms in total. The van der Waals surface area contributed by atoms with Crippen molar-refractivity contribution in [3.8, 4) is 5.75 Å². The van der Waals surface area contributed by atoms with Gasteiger partial charge >= 0.3 is 0 Å². The minimum absolute atomic E-state index is 0.0420. The van der Waals surface area contributed by atoms with Crippen molar-refractivity contribution in [2.45, 2.75) is 89.9 Å². The zero-order valence-corrected chi connectivity index (χ0v) is 22.2. The van der Waals surface area contributed by atoms with E-state index in [1.54, 1.807) is 0 Å². The molecule has 190 valence electrons. The van der Waals surface area contributed by atoms with Crippen LogP contribution in [0.5, 0.6) is 5.75 Å². The van der Waals surface area contributed by atoms with Gasteiger partial charge in [0.15, 0.2) is 5.82 Å². The molecule has 4 aliphatic rings. The Morgan fingerprint density at radius 3 is 2.46 bits per heavy atom. The Bertz CT molecular complexity index is 1050. The summed E-state index contributed by atoms with van der Waals surface area (Å²) >= 11 is 1.32. The van der Waals surface area contributed by atoms with E-state index in [1.807, 2.05) is 13.0 Å². The van der Waals surface area contributed by atoms with Crippen molar-refractivity contribution < 1.29 is 9.53 Å². The normalized spacial score (nSPS) is 27.9. The van der Waals surface area contributed by atoms with E-state index in [2.05, 4.69) is 48.4 Å². The van der Waals surface area contributed by atoms with E-state index >= 15 is 0 Å². The van der Waals surface area contributed by atoms with Crippen molar-refractivity contribution in [1.82, 2.24) is 20.2 Å². The molecule has 4 saturated carbocycles. The molecule has 0 aliphatic heterocycles. The van der Waals surface area contributed by atoms with E-state index in [0.29, 0.717) is 22.3 Å². The van der Waals surface area contributed by atoms with Gasteiger partial charge < -0.3 is 15.9 Å². The summed E-state index contributed by atoms with van der Waals surface area (Å²) in [5, 5.41) is 12.2. The number of nitrogens with two attached hydrogens (primary N) is 1. The number of benzene rings is 1. The topological polar surface area (TPSA) is 95.1 Å². The van der Waals surface area contributed by atoms with Gasteiger partial charge in [-0.3, -0.25) is 4.79 Å². The van der Waals surface area contributed by atoms with Crippen molar-refractivity contribution in [2.75, 3.05) is 11.6 Å². The van der Waals surface area contributed by atoms with Crippen LogP contribution in [-0.2, 0) is 11.4 Å². The van der Waals surface area contributed by atoms with Gasteiger partial charge in [-0.1, -0.05) is 37.7 Å². The number of carbonyl (C=O) groups is 1. The molecule has 0 unspecified atom stereocenters. The summed E-state index contributed by atoms with van der Waals surface area (Å²) in [6.07, 6.45) is 8.10. The second-order valence-electron chi connectivity index (χ2n) is 11.6. The summed E-state index contributed by atoms with van der Waals surface area (Å²) in [7, 11) is 0. The second-order valence-corrected chi connectivity index (χ2v) is 12.6. The standard InChI is InChI=1S/C27H39N5O2S/c1-16(2)22-6-5-17(3)7-23(22)34-14-24-30-31-26(32(24)28)35-15-25(33)29-18(4)27-11-19-8-20(12-27)10-21(9-19)13-27/h5-7,16,18-21H,8-15,28H2,1-4H3,(H,29,33)/t18-,19?,20?,21?,27?/m0/s1. The van der Waals surface area contributed by atoms with E-state index < -0.39 is 0 Å². The average molecular weight is 498 g/mol. The Labute approximate surface area is 212 Å². The fourth-order valence-corrected chi connectivity index (χ4v) is 7.85. The van der Waals surface area contributed by atoms with Crippen LogP contribution >= 0.6 is 11.8 Å². The van der Waals surface area contributed by atoms with Crippen LogP contribution in [0.1, 0.15) is 82.2 Å². The van der Waals surface area contributed by atoms with Crippen molar-refractivity contribution in [1.29, 1.82) is 0 Å². The van der Waals surface area contributed by atoms with Crippen LogP contribution in [0.3, 0.4) is 0 Å². The maximum absolute atomic E-state index is 12.8. The molecule has 2 aromatic rings. The van der Waals surface area contributed by atoms with Gasteiger partial charge in [0.1, 0.15) is 12.4 Å². The molecule has 4 fully saturated rings. The Hall–Kier alpha value is -2.22. The molecule has 1 atom stereocenters. The van der Waals surface area contributed by atoms with Crippen molar-refractivity contribution in [3.63, 3.8) is 0 Å². The minimum atomic E-state index is 0.0420. The highest BCUT2D eigenvalue weighted by molar-refractivity contribution is 7.99. The number of nitrogen functional groups attached to an aromatic ring is 1. The highest BCUT2D eigenvalue weighted by Gasteiger charge is 2.53. The zero-order chi connectivity index (χ0) is 24.7. The third-order valence-corrected chi connectivity index (χ3v) is 9.54. The first-order chi connectivity index (χ1) is 16.7.